The molecular weight excluding hydrogens is 428 g/mol. The minimum absolute atomic E-state index is 0.0417. The first-order valence-corrected chi connectivity index (χ1v) is 11.0. The highest BCUT2D eigenvalue weighted by molar-refractivity contribution is 5.74. The van der Waals surface area contributed by atoms with Crippen LogP contribution in [0.5, 0.6) is 5.75 Å². The van der Waals surface area contributed by atoms with Crippen molar-refractivity contribution in [2.45, 2.75) is 19.6 Å². The van der Waals surface area contributed by atoms with Crippen molar-refractivity contribution in [3.05, 3.63) is 50.7 Å². The number of hydrogen-bond donors (Lipinski definition) is 3. The van der Waals surface area contributed by atoms with E-state index < -0.39 is 17.4 Å². The number of nitrogens with one attached hydrogen (secondary N) is 2. The number of nitrogens with zero attached hydrogens (tertiary/aromatic N) is 4. The fraction of sp³-hybridized carbons (Fsp3) is 0.500. The van der Waals surface area contributed by atoms with E-state index in [1.807, 2.05) is 31.2 Å². The summed E-state index contributed by atoms with van der Waals surface area (Å²) < 4.78 is 14.0. The van der Waals surface area contributed by atoms with E-state index in [1.54, 1.807) is 11.6 Å². The normalized spacial score (nSPS) is 15.6. The first kappa shape index (κ1) is 23.0. The van der Waals surface area contributed by atoms with Gasteiger partial charge < -0.3 is 24.5 Å². The quantitative estimate of drug-likeness (QED) is 0.406. The first-order valence-electron chi connectivity index (χ1n) is 11.0. The van der Waals surface area contributed by atoms with Crippen LogP contribution in [0.15, 0.2) is 33.9 Å². The van der Waals surface area contributed by atoms with E-state index in [4.69, 9.17) is 9.47 Å². The van der Waals surface area contributed by atoms with Crippen molar-refractivity contribution in [1.82, 2.24) is 24.0 Å². The van der Waals surface area contributed by atoms with Gasteiger partial charge in [0.25, 0.3) is 5.56 Å². The number of H-pyrrole nitrogens is 1. The van der Waals surface area contributed by atoms with E-state index in [9.17, 15) is 14.7 Å². The van der Waals surface area contributed by atoms with Gasteiger partial charge in [-0.1, -0.05) is 12.1 Å². The molecule has 1 saturated heterocycles. The van der Waals surface area contributed by atoms with Gasteiger partial charge in [0.2, 0.25) is 5.95 Å². The zero-order chi connectivity index (χ0) is 23.4. The number of aryl methyl sites for hydroxylation is 2. The van der Waals surface area contributed by atoms with Gasteiger partial charge in [-0.3, -0.25) is 19.2 Å². The van der Waals surface area contributed by atoms with E-state index in [0.717, 1.165) is 25.2 Å². The lowest BCUT2D eigenvalue weighted by Crippen LogP contribution is -2.39. The van der Waals surface area contributed by atoms with Crippen molar-refractivity contribution in [3.63, 3.8) is 0 Å². The monoisotopic (exact) mass is 458 g/mol. The summed E-state index contributed by atoms with van der Waals surface area (Å²) in [5.74, 6) is 1.08. The van der Waals surface area contributed by atoms with Crippen LogP contribution in [0, 0.1) is 6.92 Å². The Labute approximate surface area is 190 Å². The number of benzene rings is 1. The number of morpholine rings is 1. The second-order valence-electron chi connectivity index (χ2n) is 8.20. The third-order valence-electron chi connectivity index (χ3n) is 5.65. The standard InChI is InChI=1S/C22H30N6O5/c1-15-4-3-5-17(12-15)33-14-16(29)13-28-18-19(26(2)22(31)25-20(18)30)24-21(28)23-6-7-27-8-10-32-11-9-27/h3-5,12,16,29H,6-11,13-14H2,1-2H3,(H,23,24)(H,25,30,31). The number of anilines is 1. The van der Waals surface area contributed by atoms with Crippen LogP contribution in [0.2, 0.25) is 0 Å². The van der Waals surface area contributed by atoms with Gasteiger partial charge in [-0.15, -0.1) is 0 Å². The number of rotatable bonds is 9. The number of fused-ring (bicyclic) bond motifs is 1. The molecule has 0 bridgehead atoms. The highest BCUT2D eigenvalue weighted by Gasteiger charge is 2.20. The minimum atomic E-state index is -0.903. The summed E-state index contributed by atoms with van der Waals surface area (Å²) in [4.78, 5) is 33.7. The molecule has 3 aromatic rings. The number of aliphatic hydroxyl groups is 1. The highest BCUT2D eigenvalue weighted by Crippen LogP contribution is 2.17. The predicted octanol–water partition coefficient (Wildman–Crippen LogP) is -0.0843. The van der Waals surface area contributed by atoms with Gasteiger partial charge in [0.15, 0.2) is 11.2 Å². The number of aromatic nitrogens is 4. The Morgan fingerprint density at radius 3 is 2.85 bits per heavy atom. The van der Waals surface area contributed by atoms with E-state index in [1.165, 1.54) is 4.57 Å². The zero-order valence-corrected chi connectivity index (χ0v) is 18.9. The van der Waals surface area contributed by atoms with Crippen LogP contribution >= 0.6 is 0 Å². The number of aliphatic hydroxyl groups excluding tert-OH is 1. The molecule has 1 aliphatic rings. The molecule has 1 fully saturated rings. The van der Waals surface area contributed by atoms with Gasteiger partial charge in [-0.05, 0) is 24.6 Å². The fourth-order valence-electron chi connectivity index (χ4n) is 3.86. The van der Waals surface area contributed by atoms with Crippen LogP contribution in [0.3, 0.4) is 0 Å². The molecule has 0 amide bonds. The second kappa shape index (κ2) is 10.2. The molecule has 1 aromatic carbocycles. The van der Waals surface area contributed by atoms with Crippen molar-refractivity contribution in [1.29, 1.82) is 0 Å². The van der Waals surface area contributed by atoms with Crippen LogP contribution in [0.4, 0.5) is 5.95 Å². The van der Waals surface area contributed by atoms with Crippen molar-refractivity contribution in [2.75, 3.05) is 51.3 Å². The molecule has 1 unspecified atom stereocenters. The van der Waals surface area contributed by atoms with Crippen LogP contribution in [0.25, 0.3) is 11.2 Å². The van der Waals surface area contributed by atoms with E-state index in [-0.39, 0.29) is 24.3 Å². The molecule has 3 heterocycles. The van der Waals surface area contributed by atoms with Gasteiger partial charge in [-0.25, -0.2) is 4.79 Å². The van der Waals surface area contributed by atoms with Crippen molar-refractivity contribution in [2.24, 2.45) is 7.05 Å². The molecule has 11 heteroatoms. The SMILES string of the molecule is Cc1cccc(OCC(O)Cn2c(NCCN3CCOCC3)nc3c2c(=O)[nH]c(=O)n3C)c1. The number of hydrogen-bond acceptors (Lipinski definition) is 8. The number of aromatic amines is 1. The molecule has 0 radical (unpaired) electrons. The first-order chi connectivity index (χ1) is 15.9. The molecule has 33 heavy (non-hydrogen) atoms. The van der Waals surface area contributed by atoms with E-state index in [2.05, 4.69) is 20.2 Å². The van der Waals surface area contributed by atoms with Crippen LogP contribution in [-0.4, -0.2) is 81.2 Å². The smallest absolute Gasteiger partial charge is 0.329 e. The Morgan fingerprint density at radius 1 is 1.30 bits per heavy atom. The average Bonchev–Trinajstić information content (AvgIpc) is 3.15. The fourth-order valence-corrected chi connectivity index (χ4v) is 3.86. The summed E-state index contributed by atoms with van der Waals surface area (Å²) in [5, 5.41) is 13.9. The number of imidazole rings is 1. The second-order valence-corrected chi connectivity index (χ2v) is 8.20. The van der Waals surface area contributed by atoms with Gasteiger partial charge in [0.1, 0.15) is 18.5 Å². The Bertz CT molecular complexity index is 1210. The highest BCUT2D eigenvalue weighted by atomic mass is 16.5. The van der Waals surface area contributed by atoms with Crippen molar-refractivity contribution in [3.8, 4) is 5.75 Å². The minimum Gasteiger partial charge on any atom is -0.491 e. The van der Waals surface area contributed by atoms with E-state index >= 15 is 0 Å². The average molecular weight is 459 g/mol. The van der Waals surface area contributed by atoms with Gasteiger partial charge in [0.05, 0.1) is 19.8 Å². The molecule has 1 atom stereocenters. The summed E-state index contributed by atoms with van der Waals surface area (Å²) in [6.45, 7) is 6.59. The molecule has 0 aliphatic carbocycles. The maximum Gasteiger partial charge on any atom is 0.329 e. The third kappa shape index (κ3) is 5.44. The maximum atomic E-state index is 12.6. The molecule has 0 saturated carbocycles. The maximum absolute atomic E-state index is 12.6. The molecule has 2 aromatic heterocycles. The van der Waals surface area contributed by atoms with Gasteiger partial charge >= 0.3 is 5.69 Å². The lowest BCUT2D eigenvalue weighted by Gasteiger charge is -2.26. The molecule has 0 spiro atoms. The zero-order valence-electron chi connectivity index (χ0n) is 18.9. The Morgan fingerprint density at radius 2 is 2.09 bits per heavy atom. The largest absolute Gasteiger partial charge is 0.491 e. The Hall–Kier alpha value is -3.15. The molecule has 178 valence electrons. The lowest BCUT2D eigenvalue weighted by molar-refractivity contribution is 0.0398. The summed E-state index contributed by atoms with van der Waals surface area (Å²) in [7, 11) is 1.55. The molecule has 3 N–H and O–H groups in total. The summed E-state index contributed by atoms with van der Waals surface area (Å²) in [6.07, 6.45) is -0.903. The molecule has 11 nitrogen and oxygen atoms in total. The van der Waals surface area contributed by atoms with Crippen LogP contribution in [-0.2, 0) is 18.3 Å². The van der Waals surface area contributed by atoms with Crippen molar-refractivity contribution >= 4 is 17.1 Å². The van der Waals surface area contributed by atoms with Crippen LogP contribution < -0.4 is 21.3 Å². The molecular formula is C22H30N6O5. The number of ether oxygens (including phenoxy) is 2. The van der Waals surface area contributed by atoms with Crippen LogP contribution in [0.1, 0.15) is 5.56 Å². The topological polar surface area (TPSA) is 127 Å². The Balaban J connectivity index is 1.53. The molecule has 4 rings (SSSR count). The lowest BCUT2D eigenvalue weighted by atomic mass is 10.2. The van der Waals surface area contributed by atoms with E-state index in [0.29, 0.717) is 31.5 Å². The summed E-state index contributed by atoms with van der Waals surface area (Å²) >= 11 is 0. The molecule has 1 aliphatic heterocycles. The summed E-state index contributed by atoms with van der Waals surface area (Å²) in [6, 6.07) is 7.56. The Kier molecular flexibility index (Phi) is 7.11. The summed E-state index contributed by atoms with van der Waals surface area (Å²) in [5.41, 5.74) is 0.445. The predicted molar refractivity (Wildman–Crippen MR) is 124 cm³/mol. The van der Waals surface area contributed by atoms with Crippen molar-refractivity contribution < 1.29 is 14.6 Å². The third-order valence-corrected chi connectivity index (χ3v) is 5.65. The van der Waals surface area contributed by atoms with Gasteiger partial charge in [-0.2, -0.15) is 4.98 Å². The van der Waals surface area contributed by atoms with Gasteiger partial charge in [0, 0.05) is 33.2 Å².